The summed E-state index contributed by atoms with van der Waals surface area (Å²) in [7, 11) is 1.60. The highest BCUT2D eigenvalue weighted by molar-refractivity contribution is 5.99. The summed E-state index contributed by atoms with van der Waals surface area (Å²) in [5.74, 6) is 0.00758. The minimum absolute atomic E-state index is 0.161. The van der Waals surface area contributed by atoms with Crippen LogP contribution < -0.4 is 19.7 Å². The van der Waals surface area contributed by atoms with Crippen molar-refractivity contribution < 1.29 is 28.6 Å². The van der Waals surface area contributed by atoms with Crippen LogP contribution in [-0.2, 0) is 25.5 Å². The molecule has 0 saturated heterocycles. The molecule has 1 aliphatic rings. The van der Waals surface area contributed by atoms with Gasteiger partial charge in [-0.05, 0) is 36.2 Å². The highest BCUT2D eigenvalue weighted by atomic mass is 16.5. The number of methoxy groups -OCH3 is 1. The van der Waals surface area contributed by atoms with Crippen molar-refractivity contribution in [1.82, 2.24) is 5.32 Å². The smallest absolute Gasteiger partial charge is 0.326 e. The first-order valence-electron chi connectivity index (χ1n) is 9.64. The van der Waals surface area contributed by atoms with Gasteiger partial charge in [0.2, 0.25) is 5.91 Å². The summed E-state index contributed by atoms with van der Waals surface area (Å²) in [6.07, 6.45) is 0.802. The van der Waals surface area contributed by atoms with Crippen LogP contribution in [0.4, 0.5) is 5.69 Å². The lowest BCUT2D eigenvalue weighted by Crippen LogP contribution is -2.37. The maximum atomic E-state index is 12.3. The van der Waals surface area contributed by atoms with Gasteiger partial charge in [0.05, 0.1) is 25.8 Å². The number of nitrogens with one attached hydrogen (secondary N) is 1. The van der Waals surface area contributed by atoms with Gasteiger partial charge < -0.3 is 19.5 Å². The SMILES string of the molecule is COc1ccc(CCNC(=O)COC(=O)CN2C(=O)CCOc3ccccc32)cc1. The molecule has 0 bridgehead atoms. The van der Waals surface area contributed by atoms with E-state index in [2.05, 4.69) is 5.32 Å². The van der Waals surface area contributed by atoms with E-state index in [0.29, 0.717) is 24.4 Å². The van der Waals surface area contributed by atoms with Crippen LogP contribution in [0.25, 0.3) is 0 Å². The fourth-order valence-corrected chi connectivity index (χ4v) is 3.00. The van der Waals surface area contributed by atoms with Crippen molar-refractivity contribution in [1.29, 1.82) is 0 Å². The minimum Gasteiger partial charge on any atom is -0.497 e. The average Bonchev–Trinajstić information content (AvgIpc) is 2.91. The van der Waals surface area contributed by atoms with Crippen molar-refractivity contribution in [2.24, 2.45) is 0 Å². The Bertz CT molecular complexity index is 897. The number of amides is 2. The van der Waals surface area contributed by atoms with Crippen molar-refractivity contribution >= 4 is 23.5 Å². The molecule has 0 spiro atoms. The van der Waals surface area contributed by atoms with Gasteiger partial charge in [-0.25, -0.2) is 0 Å². The normalized spacial score (nSPS) is 13.0. The number of ether oxygens (including phenoxy) is 3. The molecule has 0 radical (unpaired) electrons. The summed E-state index contributed by atoms with van der Waals surface area (Å²) < 4.78 is 15.7. The number of fused-ring (bicyclic) bond motifs is 1. The molecule has 2 aromatic carbocycles. The average molecular weight is 412 g/mol. The molecule has 0 atom stereocenters. The molecule has 0 aliphatic carbocycles. The van der Waals surface area contributed by atoms with Crippen LogP contribution in [0.1, 0.15) is 12.0 Å². The maximum Gasteiger partial charge on any atom is 0.326 e. The topological polar surface area (TPSA) is 94.2 Å². The summed E-state index contributed by atoms with van der Waals surface area (Å²) in [5.41, 5.74) is 1.56. The number of carbonyl (C=O) groups excluding carboxylic acids is 3. The Balaban J connectivity index is 1.43. The Morgan fingerprint density at radius 1 is 1.13 bits per heavy atom. The molecule has 8 heteroatoms. The zero-order valence-corrected chi connectivity index (χ0v) is 16.8. The number of esters is 1. The molecule has 1 N–H and O–H groups in total. The molecule has 0 fully saturated rings. The van der Waals surface area contributed by atoms with E-state index in [4.69, 9.17) is 14.2 Å². The second-order valence-electron chi connectivity index (χ2n) is 6.65. The molecule has 0 aromatic heterocycles. The third kappa shape index (κ3) is 5.73. The van der Waals surface area contributed by atoms with Gasteiger partial charge in [-0.3, -0.25) is 19.3 Å². The second-order valence-corrected chi connectivity index (χ2v) is 6.65. The van der Waals surface area contributed by atoms with Gasteiger partial charge in [-0.15, -0.1) is 0 Å². The van der Waals surface area contributed by atoms with E-state index in [1.807, 2.05) is 24.3 Å². The first-order valence-corrected chi connectivity index (χ1v) is 9.64. The van der Waals surface area contributed by atoms with Crippen molar-refractivity contribution in [3.8, 4) is 11.5 Å². The van der Waals surface area contributed by atoms with E-state index < -0.39 is 18.5 Å². The molecular weight excluding hydrogens is 388 g/mol. The van der Waals surface area contributed by atoms with Gasteiger partial charge in [0.15, 0.2) is 6.61 Å². The van der Waals surface area contributed by atoms with Crippen LogP contribution in [0.15, 0.2) is 48.5 Å². The third-order valence-corrected chi connectivity index (χ3v) is 4.58. The molecule has 1 aliphatic heterocycles. The standard InChI is InChI=1S/C22H24N2O6/c1-28-17-8-6-16(7-9-17)10-12-23-20(25)15-30-22(27)14-24-18-4-2-3-5-19(18)29-13-11-21(24)26/h2-9H,10-15H2,1H3,(H,23,25). The highest BCUT2D eigenvalue weighted by Crippen LogP contribution is 2.30. The monoisotopic (exact) mass is 412 g/mol. The van der Waals surface area contributed by atoms with Crippen LogP contribution >= 0.6 is 0 Å². The van der Waals surface area contributed by atoms with Gasteiger partial charge in [0.25, 0.3) is 5.91 Å². The minimum atomic E-state index is -0.662. The zero-order chi connectivity index (χ0) is 21.3. The number of nitrogens with zero attached hydrogens (tertiary/aromatic N) is 1. The van der Waals surface area contributed by atoms with Gasteiger partial charge in [-0.1, -0.05) is 24.3 Å². The van der Waals surface area contributed by atoms with E-state index in [1.165, 1.54) is 4.90 Å². The molecule has 1 heterocycles. The number of anilines is 1. The molecule has 158 valence electrons. The van der Waals surface area contributed by atoms with E-state index in [1.54, 1.807) is 31.4 Å². The van der Waals surface area contributed by atoms with Crippen LogP contribution in [-0.4, -0.2) is 51.2 Å². The Morgan fingerprint density at radius 2 is 1.90 bits per heavy atom. The fraction of sp³-hybridized carbons (Fsp3) is 0.318. The fourth-order valence-electron chi connectivity index (χ4n) is 3.00. The van der Waals surface area contributed by atoms with E-state index in [9.17, 15) is 14.4 Å². The predicted molar refractivity (Wildman–Crippen MR) is 110 cm³/mol. The Kier molecular flexibility index (Phi) is 7.26. The van der Waals surface area contributed by atoms with Crippen molar-refractivity contribution in [2.75, 3.05) is 38.3 Å². The lowest BCUT2D eigenvalue weighted by atomic mass is 10.1. The predicted octanol–water partition coefficient (Wildman–Crippen LogP) is 1.71. The van der Waals surface area contributed by atoms with Gasteiger partial charge >= 0.3 is 5.97 Å². The van der Waals surface area contributed by atoms with Crippen molar-refractivity contribution in [2.45, 2.75) is 12.8 Å². The van der Waals surface area contributed by atoms with E-state index in [0.717, 1.165) is 11.3 Å². The molecule has 3 rings (SSSR count). The maximum absolute atomic E-state index is 12.3. The van der Waals surface area contributed by atoms with Crippen LogP contribution in [0.2, 0.25) is 0 Å². The Labute approximate surface area is 174 Å². The van der Waals surface area contributed by atoms with Crippen LogP contribution in [0.3, 0.4) is 0 Å². The Hall–Kier alpha value is -3.55. The summed E-state index contributed by atoms with van der Waals surface area (Å²) in [6.45, 7) is -0.0179. The Morgan fingerprint density at radius 3 is 2.67 bits per heavy atom. The number of para-hydroxylation sites is 2. The van der Waals surface area contributed by atoms with E-state index >= 15 is 0 Å². The summed E-state index contributed by atoms with van der Waals surface area (Å²) in [6, 6.07) is 14.5. The molecule has 30 heavy (non-hydrogen) atoms. The van der Waals surface area contributed by atoms with Crippen molar-refractivity contribution in [3.05, 3.63) is 54.1 Å². The molecule has 2 amide bonds. The molecule has 0 unspecified atom stereocenters. The second kappa shape index (κ2) is 10.3. The summed E-state index contributed by atoms with van der Waals surface area (Å²) in [4.78, 5) is 37.8. The number of benzene rings is 2. The number of carbonyl (C=O) groups is 3. The van der Waals surface area contributed by atoms with Crippen molar-refractivity contribution in [3.63, 3.8) is 0 Å². The molecule has 8 nitrogen and oxygen atoms in total. The number of hydrogen-bond acceptors (Lipinski definition) is 6. The first-order chi connectivity index (χ1) is 14.6. The number of hydrogen-bond donors (Lipinski definition) is 1. The van der Waals surface area contributed by atoms with Gasteiger partial charge in [-0.2, -0.15) is 0 Å². The highest BCUT2D eigenvalue weighted by Gasteiger charge is 2.25. The van der Waals surface area contributed by atoms with Gasteiger partial charge in [0, 0.05) is 6.54 Å². The molecule has 2 aromatic rings. The lowest BCUT2D eigenvalue weighted by molar-refractivity contribution is -0.147. The quantitative estimate of drug-likeness (QED) is 0.664. The third-order valence-electron chi connectivity index (χ3n) is 4.58. The number of rotatable bonds is 8. The van der Waals surface area contributed by atoms with Crippen LogP contribution in [0, 0.1) is 0 Å². The van der Waals surface area contributed by atoms with Crippen LogP contribution in [0.5, 0.6) is 11.5 Å². The first kappa shape index (κ1) is 21.2. The van der Waals surface area contributed by atoms with E-state index in [-0.39, 0.29) is 25.5 Å². The summed E-state index contributed by atoms with van der Waals surface area (Å²) >= 11 is 0. The lowest BCUT2D eigenvalue weighted by Gasteiger charge is -2.20. The molecular formula is C22H24N2O6. The zero-order valence-electron chi connectivity index (χ0n) is 16.8. The molecule has 0 saturated carbocycles. The summed E-state index contributed by atoms with van der Waals surface area (Å²) in [5, 5.41) is 2.71. The van der Waals surface area contributed by atoms with Gasteiger partial charge in [0.1, 0.15) is 18.0 Å². The largest absolute Gasteiger partial charge is 0.497 e.